The highest BCUT2D eigenvalue weighted by atomic mass is 79.9. The van der Waals surface area contributed by atoms with E-state index >= 15 is 0 Å². The van der Waals surface area contributed by atoms with E-state index in [1.165, 1.54) is 6.08 Å². The maximum atomic E-state index is 12.6. The average Bonchev–Trinajstić information content (AvgIpc) is 2.83. The minimum atomic E-state index is -0.784. The van der Waals surface area contributed by atoms with Crippen molar-refractivity contribution >= 4 is 61.5 Å². The molecule has 1 saturated heterocycles. The molecule has 24 heavy (non-hydrogen) atoms. The van der Waals surface area contributed by atoms with Crippen LogP contribution >= 0.6 is 31.9 Å². The maximum absolute atomic E-state index is 12.6. The number of carbonyl (C=O) groups excluding carboxylic acids is 3. The number of hydrogen-bond donors (Lipinski definition) is 1. The van der Waals surface area contributed by atoms with Crippen LogP contribution in [-0.4, -0.2) is 17.8 Å². The van der Waals surface area contributed by atoms with Gasteiger partial charge in [-0.3, -0.25) is 14.9 Å². The van der Waals surface area contributed by atoms with Gasteiger partial charge in [0.15, 0.2) is 4.67 Å². The summed E-state index contributed by atoms with van der Waals surface area (Å²) in [5, 5.41) is 2.16. The number of urea groups is 1. The van der Waals surface area contributed by atoms with Gasteiger partial charge in [-0.15, -0.1) is 0 Å². The number of rotatable bonds is 2. The molecule has 1 aromatic carbocycles. The molecule has 0 aliphatic carbocycles. The van der Waals surface area contributed by atoms with Gasteiger partial charge in [0.05, 0.1) is 10.2 Å². The van der Waals surface area contributed by atoms with Crippen molar-refractivity contribution < 1.29 is 18.8 Å². The van der Waals surface area contributed by atoms with Crippen LogP contribution in [0.15, 0.2) is 49.5 Å². The van der Waals surface area contributed by atoms with Crippen molar-refractivity contribution in [2.45, 2.75) is 6.92 Å². The number of anilines is 1. The molecule has 0 unspecified atom stereocenters. The Hall–Kier alpha value is -2.19. The van der Waals surface area contributed by atoms with Crippen LogP contribution in [-0.2, 0) is 9.59 Å². The largest absolute Gasteiger partial charge is 0.449 e. The van der Waals surface area contributed by atoms with Crippen LogP contribution in [0.25, 0.3) is 6.08 Å². The number of nitrogens with one attached hydrogen (secondary N) is 1. The summed E-state index contributed by atoms with van der Waals surface area (Å²) in [7, 11) is 0. The molecule has 2 heterocycles. The van der Waals surface area contributed by atoms with Crippen LogP contribution < -0.4 is 10.2 Å². The average molecular weight is 454 g/mol. The van der Waals surface area contributed by atoms with Crippen molar-refractivity contribution in [2.75, 3.05) is 4.90 Å². The molecule has 0 bridgehead atoms. The van der Waals surface area contributed by atoms with Gasteiger partial charge in [0, 0.05) is 0 Å². The van der Waals surface area contributed by atoms with E-state index in [9.17, 15) is 14.4 Å². The fourth-order valence-electron chi connectivity index (χ4n) is 2.16. The molecular formula is C16H10Br2N2O4. The van der Waals surface area contributed by atoms with Crippen LogP contribution in [0.3, 0.4) is 0 Å². The molecule has 1 aliphatic rings. The summed E-state index contributed by atoms with van der Waals surface area (Å²) in [6.45, 7) is 1.89. The number of carbonyl (C=O) groups is 3. The maximum Gasteiger partial charge on any atom is 0.335 e. The van der Waals surface area contributed by atoms with Gasteiger partial charge in [0.2, 0.25) is 0 Å². The fraction of sp³-hybridized carbons (Fsp3) is 0.0625. The van der Waals surface area contributed by atoms with Crippen molar-refractivity contribution in [1.29, 1.82) is 0 Å². The molecule has 1 N–H and O–H groups in total. The monoisotopic (exact) mass is 452 g/mol. The van der Waals surface area contributed by atoms with E-state index in [0.29, 0.717) is 20.6 Å². The highest BCUT2D eigenvalue weighted by molar-refractivity contribution is 9.13. The Morgan fingerprint density at radius 1 is 1.12 bits per heavy atom. The smallest absolute Gasteiger partial charge is 0.335 e. The van der Waals surface area contributed by atoms with Gasteiger partial charge in [-0.25, -0.2) is 9.69 Å². The van der Waals surface area contributed by atoms with Crippen LogP contribution in [0.1, 0.15) is 11.3 Å². The van der Waals surface area contributed by atoms with Crippen LogP contribution in [0.4, 0.5) is 10.5 Å². The van der Waals surface area contributed by atoms with Crippen LogP contribution in [0.5, 0.6) is 0 Å². The molecule has 0 spiro atoms. The Balaban J connectivity index is 2.01. The number of imide groups is 2. The fourth-order valence-corrected chi connectivity index (χ4v) is 2.77. The number of furan rings is 1. The third kappa shape index (κ3) is 3.07. The lowest BCUT2D eigenvalue weighted by Gasteiger charge is -2.26. The summed E-state index contributed by atoms with van der Waals surface area (Å²) in [6, 6.07) is 7.64. The predicted molar refractivity (Wildman–Crippen MR) is 94.3 cm³/mol. The third-order valence-corrected chi connectivity index (χ3v) is 5.05. The van der Waals surface area contributed by atoms with E-state index in [-0.39, 0.29) is 5.57 Å². The van der Waals surface area contributed by atoms with Gasteiger partial charge in [-0.1, -0.05) is 17.7 Å². The van der Waals surface area contributed by atoms with Crippen molar-refractivity contribution in [3.8, 4) is 0 Å². The zero-order chi connectivity index (χ0) is 17.4. The van der Waals surface area contributed by atoms with Gasteiger partial charge in [-0.05, 0) is 63.1 Å². The summed E-state index contributed by atoms with van der Waals surface area (Å²) in [5.74, 6) is -1.18. The van der Waals surface area contributed by atoms with Crippen molar-refractivity contribution in [3.05, 3.63) is 56.4 Å². The lowest BCUT2D eigenvalue weighted by molar-refractivity contribution is -0.122. The van der Waals surface area contributed by atoms with E-state index in [1.807, 2.05) is 6.92 Å². The molecule has 8 heteroatoms. The molecule has 122 valence electrons. The number of hydrogen-bond acceptors (Lipinski definition) is 4. The molecule has 3 rings (SSSR count). The molecule has 0 radical (unpaired) electrons. The molecule has 4 amide bonds. The number of nitrogens with zero attached hydrogens (tertiary/aromatic N) is 1. The van der Waals surface area contributed by atoms with E-state index < -0.39 is 17.8 Å². The standard InChI is InChI=1S/C16H10Br2N2O4/c1-8-2-4-9(5-3-8)20-15(22)11(14(21)19-16(20)23)6-10-7-12(17)13(18)24-10/h2-7H,1H3,(H,19,21,23)/b11-6+. The summed E-state index contributed by atoms with van der Waals surface area (Å²) < 4.78 is 6.43. The highest BCUT2D eigenvalue weighted by Crippen LogP contribution is 2.29. The topological polar surface area (TPSA) is 79.6 Å². The second-order valence-corrected chi connectivity index (χ2v) is 6.64. The Morgan fingerprint density at radius 3 is 2.38 bits per heavy atom. The number of halogens is 2. The van der Waals surface area contributed by atoms with Crippen LogP contribution in [0.2, 0.25) is 0 Å². The SMILES string of the molecule is Cc1ccc(N2C(=O)NC(=O)/C(=C\c3cc(Br)c(Br)o3)C2=O)cc1. The number of barbiturate groups is 1. The Kier molecular flexibility index (Phi) is 4.42. The quantitative estimate of drug-likeness (QED) is 0.554. The first-order valence-corrected chi connectivity index (χ1v) is 8.38. The highest BCUT2D eigenvalue weighted by Gasteiger charge is 2.37. The van der Waals surface area contributed by atoms with E-state index in [2.05, 4.69) is 37.2 Å². The minimum Gasteiger partial charge on any atom is -0.449 e. The van der Waals surface area contributed by atoms with Crippen molar-refractivity contribution in [1.82, 2.24) is 5.32 Å². The van der Waals surface area contributed by atoms with Crippen molar-refractivity contribution in [3.63, 3.8) is 0 Å². The minimum absolute atomic E-state index is 0.191. The zero-order valence-electron chi connectivity index (χ0n) is 12.3. The lowest BCUT2D eigenvalue weighted by atomic mass is 10.1. The molecule has 1 fully saturated rings. The lowest BCUT2D eigenvalue weighted by Crippen LogP contribution is -2.54. The molecule has 1 aromatic heterocycles. The zero-order valence-corrected chi connectivity index (χ0v) is 15.5. The summed E-state index contributed by atoms with van der Waals surface area (Å²) >= 11 is 6.44. The Morgan fingerprint density at radius 2 is 1.79 bits per heavy atom. The Labute approximate surface area is 153 Å². The van der Waals surface area contributed by atoms with Crippen LogP contribution in [0, 0.1) is 6.92 Å². The second kappa shape index (κ2) is 6.37. The molecular weight excluding hydrogens is 444 g/mol. The number of amides is 4. The molecule has 0 saturated carbocycles. The van der Waals surface area contributed by atoms with Gasteiger partial charge in [0.1, 0.15) is 11.3 Å². The molecule has 6 nitrogen and oxygen atoms in total. The summed E-state index contributed by atoms with van der Waals surface area (Å²) in [5.41, 5.74) is 1.17. The first kappa shape index (κ1) is 16.7. The Bertz CT molecular complexity index is 864. The number of benzene rings is 1. The van der Waals surface area contributed by atoms with Gasteiger partial charge >= 0.3 is 6.03 Å². The molecule has 0 atom stereocenters. The second-order valence-electron chi connectivity index (χ2n) is 5.06. The van der Waals surface area contributed by atoms with E-state index in [1.54, 1.807) is 30.3 Å². The normalized spacial score (nSPS) is 16.7. The molecule has 2 aromatic rings. The van der Waals surface area contributed by atoms with E-state index in [4.69, 9.17) is 4.42 Å². The third-order valence-electron chi connectivity index (χ3n) is 3.34. The van der Waals surface area contributed by atoms with Gasteiger partial charge in [-0.2, -0.15) is 0 Å². The van der Waals surface area contributed by atoms with Gasteiger partial charge in [0.25, 0.3) is 11.8 Å². The predicted octanol–water partition coefficient (Wildman–Crippen LogP) is 3.78. The molecule has 1 aliphatic heterocycles. The first-order valence-electron chi connectivity index (χ1n) is 6.80. The van der Waals surface area contributed by atoms with Gasteiger partial charge < -0.3 is 4.42 Å². The summed E-state index contributed by atoms with van der Waals surface area (Å²) in [6.07, 6.45) is 1.29. The first-order chi connectivity index (χ1) is 11.4. The summed E-state index contributed by atoms with van der Waals surface area (Å²) in [4.78, 5) is 37.6. The van der Waals surface area contributed by atoms with Crippen molar-refractivity contribution in [2.24, 2.45) is 0 Å². The van der Waals surface area contributed by atoms with E-state index in [0.717, 1.165) is 10.5 Å². The number of aryl methyl sites for hydroxylation is 1.